The highest BCUT2D eigenvalue weighted by atomic mass is 127. The third kappa shape index (κ3) is 4.01. The van der Waals surface area contributed by atoms with Crippen LogP contribution in [-0.4, -0.2) is 23.4 Å². The molecule has 110 valence electrons. The molecule has 0 heterocycles. The van der Waals surface area contributed by atoms with Gasteiger partial charge in [0.15, 0.2) is 0 Å². The topological polar surface area (TPSA) is 49.3 Å². The van der Waals surface area contributed by atoms with Crippen LogP contribution in [0.15, 0.2) is 18.2 Å². The molecule has 3 nitrogen and oxygen atoms in total. The molecule has 1 aromatic carbocycles. The number of benzene rings is 1. The summed E-state index contributed by atoms with van der Waals surface area (Å²) in [6.45, 7) is 0.640. The summed E-state index contributed by atoms with van der Waals surface area (Å²) in [7, 11) is 0. The van der Waals surface area contributed by atoms with Crippen LogP contribution in [-0.2, 0) is 0 Å². The molecule has 2 atom stereocenters. The highest BCUT2D eigenvalue weighted by Crippen LogP contribution is 2.30. The smallest absolute Gasteiger partial charge is 0.255 e. The molecule has 0 spiro atoms. The molecule has 0 bridgehead atoms. The number of alkyl halides is 1. The number of hydrogen-bond donors (Lipinski definition) is 2. The number of phenols is 1. The van der Waals surface area contributed by atoms with Gasteiger partial charge in [0, 0.05) is 16.0 Å². The first-order valence-electron chi connectivity index (χ1n) is 6.94. The number of carbonyl (C=O) groups excluding carboxylic acids is 1. The normalized spacial score (nSPS) is 22.5. The lowest BCUT2D eigenvalue weighted by Crippen LogP contribution is -2.34. The van der Waals surface area contributed by atoms with Crippen LogP contribution in [0, 0.1) is 15.4 Å². The van der Waals surface area contributed by atoms with Crippen molar-refractivity contribution in [1.82, 2.24) is 5.32 Å². The van der Waals surface area contributed by atoms with Crippen molar-refractivity contribution in [2.24, 2.45) is 11.8 Å². The van der Waals surface area contributed by atoms with Crippen molar-refractivity contribution >= 4 is 40.1 Å². The third-order valence-corrected chi connectivity index (χ3v) is 5.06. The van der Waals surface area contributed by atoms with E-state index in [0.29, 0.717) is 29.8 Å². The molecular formula is C15H19ClINO2. The Kier molecular flexibility index (Phi) is 5.96. The zero-order valence-corrected chi connectivity index (χ0v) is 14.2. The van der Waals surface area contributed by atoms with Gasteiger partial charge in [0.05, 0.1) is 5.56 Å². The zero-order valence-electron chi connectivity index (χ0n) is 11.2. The Morgan fingerprint density at radius 1 is 1.35 bits per heavy atom. The fourth-order valence-corrected chi connectivity index (χ4v) is 3.66. The van der Waals surface area contributed by atoms with E-state index in [1.165, 1.54) is 12.8 Å². The van der Waals surface area contributed by atoms with E-state index in [9.17, 15) is 9.90 Å². The lowest BCUT2D eigenvalue weighted by atomic mass is 9.80. The molecule has 1 aliphatic carbocycles. The monoisotopic (exact) mass is 407 g/mol. The molecular weight excluding hydrogens is 389 g/mol. The van der Waals surface area contributed by atoms with E-state index in [1.807, 2.05) is 0 Å². The van der Waals surface area contributed by atoms with Crippen LogP contribution in [0.1, 0.15) is 36.0 Å². The summed E-state index contributed by atoms with van der Waals surface area (Å²) in [4.78, 5) is 12.1. The summed E-state index contributed by atoms with van der Waals surface area (Å²) in [6, 6.07) is 5.03. The number of amides is 1. The van der Waals surface area contributed by atoms with E-state index in [-0.39, 0.29) is 11.7 Å². The van der Waals surface area contributed by atoms with E-state index < -0.39 is 0 Å². The first-order chi connectivity index (χ1) is 9.61. The predicted molar refractivity (Wildman–Crippen MR) is 89.3 cm³/mol. The van der Waals surface area contributed by atoms with Crippen LogP contribution < -0.4 is 5.32 Å². The van der Waals surface area contributed by atoms with Crippen LogP contribution in [0.3, 0.4) is 0 Å². The van der Waals surface area contributed by atoms with E-state index in [4.69, 9.17) is 11.6 Å². The lowest BCUT2D eigenvalue weighted by molar-refractivity contribution is 0.0934. The highest BCUT2D eigenvalue weighted by Gasteiger charge is 2.25. The van der Waals surface area contributed by atoms with Crippen molar-refractivity contribution < 1.29 is 9.90 Å². The molecule has 5 heteroatoms. The molecule has 2 rings (SSSR count). The fourth-order valence-electron chi connectivity index (χ4n) is 2.77. The highest BCUT2D eigenvalue weighted by molar-refractivity contribution is 14.1. The second kappa shape index (κ2) is 7.50. The number of hydrogen-bond acceptors (Lipinski definition) is 2. The standard InChI is InChI=1S/C15H19ClINO2/c16-8-10-3-1-2-4-11(10)9-18-15(20)13-7-12(17)5-6-14(13)19/h5-7,10-11,19H,1-4,8-9H2,(H,18,20). The summed E-state index contributed by atoms with van der Waals surface area (Å²) in [5.74, 6) is 1.43. The Labute approximate surface area is 138 Å². The van der Waals surface area contributed by atoms with Crippen LogP contribution in [0.4, 0.5) is 0 Å². The molecule has 2 unspecified atom stereocenters. The fraction of sp³-hybridized carbons (Fsp3) is 0.533. The number of rotatable bonds is 4. The van der Waals surface area contributed by atoms with Crippen LogP contribution >= 0.6 is 34.2 Å². The van der Waals surface area contributed by atoms with E-state index in [0.717, 1.165) is 16.4 Å². The van der Waals surface area contributed by atoms with Gasteiger partial charge in [-0.1, -0.05) is 12.8 Å². The minimum absolute atomic E-state index is 0.0282. The van der Waals surface area contributed by atoms with Crippen LogP contribution in [0.2, 0.25) is 0 Å². The molecule has 0 aliphatic heterocycles. The summed E-state index contributed by atoms with van der Waals surface area (Å²) in [5.41, 5.74) is 0.343. The van der Waals surface area contributed by atoms with Gasteiger partial charge in [-0.2, -0.15) is 0 Å². The van der Waals surface area contributed by atoms with Gasteiger partial charge >= 0.3 is 0 Å². The van der Waals surface area contributed by atoms with Gasteiger partial charge in [0.2, 0.25) is 0 Å². The van der Waals surface area contributed by atoms with Crippen molar-refractivity contribution in [1.29, 1.82) is 0 Å². The minimum atomic E-state index is -0.208. The molecule has 1 saturated carbocycles. The molecule has 1 aromatic rings. The second-order valence-electron chi connectivity index (χ2n) is 5.33. The SMILES string of the molecule is O=C(NCC1CCCCC1CCl)c1cc(I)ccc1O. The Bertz CT molecular complexity index is 481. The second-order valence-corrected chi connectivity index (χ2v) is 6.88. The van der Waals surface area contributed by atoms with Gasteiger partial charge in [-0.25, -0.2) is 0 Å². The lowest BCUT2D eigenvalue weighted by Gasteiger charge is -2.30. The van der Waals surface area contributed by atoms with Crippen molar-refractivity contribution in [3.63, 3.8) is 0 Å². The maximum Gasteiger partial charge on any atom is 0.255 e. The number of carbonyl (C=O) groups is 1. The summed E-state index contributed by atoms with van der Waals surface area (Å²) in [6.07, 6.45) is 4.72. The van der Waals surface area contributed by atoms with E-state index in [2.05, 4.69) is 27.9 Å². The third-order valence-electron chi connectivity index (χ3n) is 3.99. The van der Waals surface area contributed by atoms with Crippen molar-refractivity contribution in [3.8, 4) is 5.75 Å². The number of halogens is 2. The van der Waals surface area contributed by atoms with Gasteiger partial charge in [-0.05, 0) is 65.5 Å². The first-order valence-corrected chi connectivity index (χ1v) is 8.56. The molecule has 0 radical (unpaired) electrons. The maximum atomic E-state index is 12.1. The van der Waals surface area contributed by atoms with Crippen molar-refractivity contribution in [2.45, 2.75) is 25.7 Å². The van der Waals surface area contributed by atoms with Crippen LogP contribution in [0.5, 0.6) is 5.75 Å². The summed E-state index contributed by atoms with van der Waals surface area (Å²) in [5, 5.41) is 12.7. The average molecular weight is 408 g/mol. The summed E-state index contributed by atoms with van der Waals surface area (Å²) < 4.78 is 0.932. The molecule has 0 saturated heterocycles. The Morgan fingerprint density at radius 3 is 2.75 bits per heavy atom. The Balaban J connectivity index is 1.96. The molecule has 1 aliphatic rings. The van der Waals surface area contributed by atoms with Gasteiger partial charge in [0.25, 0.3) is 5.91 Å². The van der Waals surface area contributed by atoms with Gasteiger partial charge in [-0.15, -0.1) is 11.6 Å². The van der Waals surface area contributed by atoms with E-state index in [1.54, 1.807) is 18.2 Å². The number of aromatic hydroxyl groups is 1. The maximum absolute atomic E-state index is 12.1. The largest absolute Gasteiger partial charge is 0.507 e. The quantitative estimate of drug-likeness (QED) is 0.590. The molecule has 1 fully saturated rings. The first kappa shape index (κ1) is 15.9. The Hall–Kier alpha value is -0.490. The van der Waals surface area contributed by atoms with Gasteiger partial charge in [0.1, 0.15) is 5.75 Å². The van der Waals surface area contributed by atoms with Crippen molar-refractivity contribution in [3.05, 3.63) is 27.3 Å². The average Bonchev–Trinajstić information content (AvgIpc) is 2.47. The van der Waals surface area contributed by atoms with Gasteiger partial charge < -0.3 is 10.4 Å². The van der Waals surface area contributed by atoms with Crippen molar-refractivity contribution in [2.75, 3.05) is 12.4 Å². The zero-order chi connectivity index (χ0) is 14.5. The predicted octanol–water partition coefficient (Wildman–Crippen LogP) is 3.77. The van der Waals surface area contributed by atoms with Crippen LogP contribution in [0.25, 0.3) is 0 Å². The molecule has 0 aromatic heterocycles. The molecule has 2 N–H and O–H groups in total. The van der Waals surface area contributed by atoms with E-state index >= 15 is 0 Å². The molecule has 1 amide bonds. The minimum Gasteiger partial charge on any atom is -0.507 e. The Morgan fingerprint density at radius 2 is 2.05 bits per heavy atom. The van der Waals surface area contributed by atoms with Gasteiger partial charge in [-0.3, -0.25) is 4.79 Å². The number of nitrogens with one attached hydrogen (secondary N) is 1. The summed E-state index contributed by atoms with van der Waals surface area (Å²) >= 11 is 8.13. The molecule has 20 heavy (non-hydrogen) atoms. The number of phenolic OH excluding ortho intramolecular Hbond substituents is 1.